The summed E-state index contributed by atoms with van der Waals surface area (Å²) in [6.07, 6.45) is -1.67. The second-order valence-electron chi connectivity index (χ2n) is 10.6. The number of rotatable bonds is 8. The van der Waals surface area contributed by atoms with Gasteiger partial charge in [0.05, 0.1) is 18.5 Å². The molecule has 0 fully saturated rings. The summed E-state index contributed by atoms with van der Waals surface area (Å²) in [5.74, 6) is 1.11. The highest BCUT2D eigenvalue weighted by molar-refractivity contribution is 7.07. The van der Waals surface area contributed by atoms with Crippen LogP contribution in [0, 0.1) is 6.92 Å². The van der Waals surface area contributed by atoms with Crippen molar-refractivity contribution in [3.63, 3.8) is 0 Å². The monoisotopic (exact) mass is 648 g/mol. The Kier molecular flexibility index (Phi) is 9.42. The van der Waals surface area contributed by atoms with Crippen molar-refractivity contribution in [2.45, 2.75) is 40.0 Å². The molecule has 3 aromatic carbocycles. The molecular formula is C33H31F3N6O3S. The number of thiazole rings is 1. The number of allylic oxidation sites excluding steroid dienone is 1. The molecule has 2 heterocycles. The molecule has 0 unspecified atom stereocenters. The molecule has 2 amide bonds. The molecule has 238 valence electrons. The zero-order valence-corrected chi connectivity index (χ0v) is 26.5. The van der Waals surface area contributed by atoms with Crippen molar-refractivity contribution in [2.24, 2.45) is 4.99 Å². The highest BCUT2D eigenvalue weighted by atomic mass is 32.1. The van der Waals surface area contributed by atoms with Crippen LogP contribution in [-0.4, -0.2) is 38.8 Å². The second kappa shape index (κ2) is 13.4. The van der Waals surface area contributed by atoms with Gasteiger partial charge in [-0.2, -0.15) is 4.99 Å². The maximum absolute atomic E-state index is 12.9. The van der Waals surface area contributed by atoms with Crippen molar-refractivity contribution in [1.82, 2.24) is 24.6 Å². The number of benzene rings is 3. The lowest BCUT2D eigenvalue weighted by Crippen LogP contribution is -2.22. The first-order chi connectivity index (χ1) is 21.9. The quantitative estimate of drug-likeness (QED) is 0.185. The molecular weight excluding hydrogens is 617 g/mol. The Bertz CT molecular complexity index is 1940. The van der Waals surface area contributed by atoms with E-state index in [1.165, 1.54) is 46.6 Å². The third kappa shape index (κ3) is 7.54. The summed E-state index contributed by atoms with van der Waals surface area (Å²) in [6.45, 7) is 8.06. The number of halogens is 3. The lowest BCUT2D eigenvalue weighted by Gasteiger charge is -2.16. The van der Waals surface area contributed by atoms with Crippen LogP contribution in [0.3, 0.4) is 0 Å². The minimum absolute atomic E-state index is 0.226. The Labute approximate surface area is 267 Å². The molecule has 13 heteroatoms. The van der Waals surface area contributed by atoms with Gasteiger partial charge >= 0.3 is 12.4 Å². The van der Waals surface area contributed by atoms with Crippen molar-refractivity contribution in [3.05, 3.63) is 106 Å². The van der Waals surface area contributed by atoms with Crippen molar-refractivity contribution in [2.75, 3.05) is 7.11 Å². The molecule has 5 rings (SSSR count). The van der Waals surface area contributed by atoms with Gasteiger partial charge in [0, 0.05) is 22.8 Å². The number of aromatic nitrogens is 4. The van der Waals surface area contributed by atoms with Crippen molar-refractivity contribution in [3.8, 4) is 34.3 Å². The number of urea groups is 1. The van der Waals surface area contributed by atoms with Crippen LogP contribution in [0.15, 0.2) is 89.6 Å². The summed E-state index contributed by atoms with van der Waals surface area (Å²) in [5.41, 5.74) is 5.93. The van der Waals surface area contributed by atoms with Crippen molar-refractivity contribution >= 4 is 22.9 Å². The summed E-state index contributed by atoms with van der Waals surface area (Å²) in [4.78, 5) is 22.1. The van der Waals surface area contributed by atoms with Gasteiger partial charge in [-0.15, -0.1) is 29.6 Å². The predicted octanol–water partition coefficient (Wildman–Crippen LogP) is 7.80. The molecule has 0 radical (unpaired) electrons. The third-order valence-corrected chi connectivity index (χ3v) is 7.95. The van der Waals surface area contributed by atoms with Gasteiger partial charge in [0.25, 0.3) is 0 Å². The maximum atomic E-state index is 12.9. The number of hydrogen-bond donors (Lipinski definition) is 1. The van der Waals surface area contributed by atoms with E-state index in [1.54, 1.807) is 13.3 Å². The standard InChI is InChI=1S/C33H31F3N6O3S/c1-20(2)28-16-27(44-5)14-15-29(28)42-22(4)18-46-32(42)39-31(43)37-17-21(3)23-6-8-24(9-7-23)30-38-19-41(40-30)25-10-12-26(13-11-25)45-33(34,35)36/h6-20H,1-5H3,(H,37,43)/b21-17+,39-32-. The Morgan fingerprint density at radius 1 is 1.04 bits per heavy atom. The number of aryl methyl sites for hydroxylation is 1. The largest absolute Gasteiger partial charge is 0.573 e. The molecule has 9 nitrogen and oxygen atoms in total. The molecule has 0 bridgehead atoms. The van der Waals surface area contributed by atoms with Gasteiger partial charge in [0.1, 0.15) is 17.8 Å². The lowest BCUT2D eigenvalue weighted by atomic mass is 10.0. The Morgan fingerprint density at radius 3 is 2.39 bits per heavy atom. The molecule has 0 aliphatic rings. The van der Waals surface area contributed by atoms with E-state index in [0.717, 1.165) is 39.4 Å². The van der Waals surface area contributed by atoms with Gasteiger partial charge in [0.2, 0.25) is 0 Å². The molecule has 46 heavy (non-hydrogen) atoms. The third-order valence-electron chi connectivity index (χ3n) is 7.01. The van der Waals surface area contributed by atoms with E-state index in [9.17, 15) is 18.0 Å². The smallest absolute Gasteiger partial charge is 0.497 e. The Hall–Kier alpha value is -5.17. The maximum Gasteiger partial charge on any atom is 0.573 e. The molecule has 5 aromatic rings. The van der Waals surface area contributed by atoms with Crippen LogP contribution in [0.4, 0.5) is 18.0 Å². The number of carbonyl (C=O) groups excluding carboxylic acids is 1. The van der Waals surface area contributed by atoms with Crippen molar-refractivity contribution in [1.29, 1.82) is 0 Å². The van der Waals surface area contributed by atoms with Gasteiger partial charge in [-0.1, -0.05) is 38.1 Å². The molecule has 0 atom stereocenters. The summed E-state index contributed by atoms with van der Waals surface area (Å²) < 4.78 is 50.1. The summed E-state index contributed by atoms with van der Waals surface area (Å²) in [7, 11) is 1.64. The molecule has 0 aliphatic carbocycles. The number of hydrogen-bond acceptors (Lipinski definition) is 6. The highest BCUT2D eigenvalue weighted by Crippen LogP contribution is 2.28. The average Bonchev–Trinajstić information content (AvgIpc) is 3.66. The number of amides is 2. The average molecular weight is 649 g/mol. The molecule has 2 aromatic heterocycles. The van der Waals surface area contributed by atoms with Crippen LogP contribution < -0.4 is 19.6 Å². The SMILES string of the molecule is COc1ccc(-n2c(C)cs/c2=N\C(=O)N/C=C(\C)c2ccc(-c3ncn(-c4ccc(OC(F)(F)F)cc4)n3)cc2)c(C(C)C)c1. The summed E-state index contributed by atoms with van der Waals surface area (Å²) >= 11 is 1.39. The first kappa shape index (κ1) is 32.2. The van der Waals surface area contributed by atoms with Crippen molar-refractivity contribution < 1.29 is 27.4 Å². The Balaban J connectivity index is 1.28. The van der Waals surface area contributed by atoms with Crippen LogP contribution >= 0.6 is 11.3 Å². The van der Waals surface area contributed by atoms with Crippen LogP contribution in [-0.2, 0) is 0 Å². The van der Waals surface area contributed by atoms with Gasteiger partial charge in [0.15, 0.2) is 10.6 Å². The van der Waals surface area contributed by atoms with Gasteiger partial charge in [-0.3, -0.25) is 4.57 Å². The fourth-order valence-corrected chi connectivity index (χ4v) is 5.53. The fraction of sp³-hybridized carbons (Fsp3) is 0.212. The zero-order chi connectivity index (χ0) is 33.0. The topological polar surface area (TPSA) is 95.6 Å². The second-order valence-corrected chi connectivity index (χ2v) is 11.4. The lowest BCUT2D eigenvalue weighted by molar-refractivity contribution is -0.274. The predicted molar refractivity (Wildman–Crippen MR) is 170 cm³/mol. The van der Waals surface area contributed by atoms with Gasteiger partial charge in [-0.25, -0.2) is 14.5 Å². The minimum atomic E-state index is -4.76. The molecule has 0 saturated heterocycles. The van der Waals surface area contributed by atoms with Crippen LogP contribution in [0.2, 0.25) is 0 Å². The van der Waals surface area contributed by atoms with E-state index in [1.807, 2.05) is 66.3 Å². The van der Waals surface area contributed by atoms with E-state index in [0.29, 0.717) is 16.3 Å². The number of nitrogens with one attached hydrogen (secondary N) is 1. The number of nitrogens with zero attached hydrogens (tertiary/aromatic N) is 5. The minimum Gasteiger partial charge on any atom is -0.497 e. The number of ether oxygens (including phenoxy) is 2. The molecule has 1 N–H and O–H groups in total. The summed E-state index contributed by atoms with van der Waals surface area (Å²) in [5, 5.41) is 9.16. The molecule has 0 aliphatic heterocycles. The Morgan fingerprint density at radius 2 is 1.74 bits per heavy atom. The molecule has 0 saturated carbocycles. The van der Waals surface area contributed by atoms with E-state index in [-0.39, 0.29) is 11.7 Å². The number of alkyl halides is 3. The van der Waals surface area contributed by atoms with Crippen LogP contribution in [0.1, 0.15) is 43.5 Å². The van der Waals surface area contributed by atoms with Gasteiger partial charge < -0.3 is 14.8 Å². The number of methoxy groups -OCH3 is 1. The first-order valence-corrected chi connectivity index (χ1v) is 15.1. The van der Waals surface area contributed by atoms with Gasteiger partial charge in [-0.05, 0) is 78.9 Å². The van der Waals surface area contributed by atoms with E-state index >= 15 is 0 Å². The van der Waals surface area contributed by atoms with E-state index < -0.39 is 12.4 Å². The summed E-state index contributed by atoms with van der Waals surface area (Å²) in [6, 6.07) is 18.2. The van der Waals surface area contributed by atoms with E-state index in [2.05, 4.69) is 39.0 Å². The molecule has 0 spiro atoms. The normalized spacial score (nSPS) is 12.5. The van der Waals surface area contributed by atoms with Crippen LogP contribution in [0.5, 0.6) is 11.5 Å². The first-order valence-electron chi connectivity index (χ1n) is 14.2. The van der Waals surface area contributed by atoms with Crippen LogP contribution in [0.25, 0.3) is 28.3 Å². The fourth-order valence-electron chi connectivity index (χ4n) is 4.66. The zero-order valence-electron chi connectivity index (χ0n) is 25.7. The number of carbonyl (C=O) groups is 1. The van der Waals surface area contributed by atoms with E-state index in [4.69, 9.17) is 4.74 Å². The highest BCUT2D eigenvalue weighted by Gasteiger charge is 2.31.